The van der Waals surface area contributed by atoms with Crippen LogP contribution >= 0.6 is 0 Å². The van der Waals surface area contributed by atoms with E-state index in [2.05, 4.69) is 26.0 Å². The molecule has 0 fully saturated rings. The Morgan fingerprint density at radius 2 is 1.36 bits per heavy atom. The first-order chi connectivity index (χ1) is 4.79. The van der Waals surface area contributed by atoms with Gasteiger partial charge in [-0.15, -0.1) is 12.1 Å². The van der Waals surface area contributed by atoms with Gasteiger partial charge >= 0.3 is 0 Å². The average Bonchev–Trinajstić information content (AvgIpc) is 2.00. The van der Waals surface area contributed by atoms with Crippen LogP contribution < -0.4 is 0 Å². The van der Waals surface area contributed by atoms with Crippen LogP contribution in [0.3, 0.4) is 0 Å². The topological polar surface area (TPSA) is 0 Å². The van der Waals surface area contributed by atoms with Crippen molar-refractivity contribution < 1.29 is 31.1 Å². The summed E-state index contributed by atoms with van der Waals surface area (Å²) in [7, 11) is 0. The monoisotopic (exact) mass is 373 g/mol. The zero-order chi connectivity index (χ0) is 7.98. The van der Waals surface area contributed by atoms with Crippen molar-refractivity contribution in [2.75, 3.05) is 0 Å². The molecule has 0 spiro atoms. The largest absolute Gasteiger partial charge is 0.199 e. The van der Waals surface area contributed by atoms with E-state index >= 15 is 0 Å². The number of aryl methyl sites for hydroxylation is 1. The fourth-order valence-electron chi connectivity index (χ4n) is 0.588. The van der Waals surface area contributed by atoms with Gasteiger partial charge in [0.05, 0.1) is 0 Å². The van der Waals surface area contributed by atoms with E-state index in [-0.39, 0.29) is 31.1 Å². The first-order valence-electron chi connectivity index (χ1n) is 3.67. The van der Waals surface area contributed by atoms with Gasteiger partial charge in [-0.05, 0) is 6.92 Å². The maximum absolute atomic E-state index is 3.76. The molecule has 0 saturated carbocycles. The molecule has 0 atom stereocenters. The maximum Gasteiger partial charge on any atom is 0 e. The third kappa shape index (κ3) is 6.54. The molecule has 1 aromatic rings. The first kappa shape index (κ1) is 13.7. The Labute approximate surface area is 93.8 Å². The first-order valence-corrected chi connectivity index (χ1v) is 3.67. The maximum atomic E-state index is 3.76. The molecule has 0 saturated heterocycles. The molecule has 0 aliphatic heterocycles. The van der Waals surface area contributed by atoms with Crippen molar-refractivity contribution in [3.8, 4) is 0 Å². The Morgan fingerprint density at radius 1 is 1.00 bits per heavy atom. The summed E-state index contributed by atoms with van der Waals surface area (Å²) >= 11 is 0. The standard InChI is InChI=1S/C8H9.C2H6.U/c1-7-3-5-8(2)6-4-7;1-2;/h3-6H,1H2,2H3;1-2H3;/q-1;;. The van der Waals surface area contributed by atoms with Gasteiger partial charge in [-0.25, -0.2) is 0 Å². The molecule has 11 heavy (non-hydrogen) atoms. The Kier molecular flexibility index (Phi) is 10.3. The number of benzene rings is 1. The smallest absolute Gasteiger partial charge is 0 e. The summed E-state index contributed by atoms with van der Waals surface area (Å²) in [6.07, 6.45) is 0. The van der Waals surface area contributed by atoms with Gasteiger partial charge in [-0.2, -0.15) is 24.6 Å². The molecule has 1 heteroatoms. The zero-order valence-corrected chi connectivity index (χ0v) is 11.7. The molecule has 0 N–H and O–H groups in total. The Bertz CT molecular complexity index is 144. The van der Waals surface area contributed by atoms with E-state index in [9.17, 15) is 0 Å². The fourth-order valence-corrected chi connectivity index (χ4v) is 0.588. The summed E-state index contributed by atoms with van der Waals surface area (Å²) < 4.78 is 0. The number of hydrogen-bond acceptors (Lipinski definition) is 0. The number of rotatable bonds is 0. The average molecular weight is 373 g/mol. The molecule has 0 unspecified atom stereocenters. The number of hydrogen-bond donors (Lipinski definition) is 0. The summed E-state index contributed by atoms with van der Waals surface area (Å²) in [6.45, 7) is 9.83. The SMILES string of the molecule is CC.[CH2-]c1ccc(C)cc1.[U]. The summed E-state index contributed by atoms with van der Waals surface area (Å²) in [4.78, 5) is 0. The minimum absolute atomic E-state index is 0. The van der Waals surface area contributed by atoms with Crippen LogP contribution in [0.5, 0.6) is 0 Å². The Balaban J connectivity index is 0. The summed E-state index contributed by atoms with van der Waals surface area (Å²) in [5, 5.41) is 0. The van der Waals surface area contributed by atoms with Gasteiger partial charge in [0, 0.05) is 31.1 Å². The summed E-state index contributed by atoms with van der Waals surface area (Å²) in [6, 6.07) is 8.13. The van der Waals surface area contributed by atoms with Crippen LogP contribution in [-0.4, -0.2) is 0 Å². The molecule has 1 aromatic carbocycles. The van der Waals surface area contributed by atoms with Gasteiger partial charge in [0.15, 0.2) is 0 Å². The zero-order valence-electron chi connectivity index (χ0n) is 7.52. The van der Waals surface area contributed by atoms with Gasteiger partial charge in [-0.3, -0.25) is 0 Å². The van der Waals surface area contributed by atoms with E-state index in [0.717, 1.165) is 5.56 Å². The normalized spacial score (nSPS) is 7.18. The van der Waals surface area contributed by atoms with Crippen LogP contribution in [0.15, 0.2) is 24.3 Å². The van der Waals surface area contributed by atoms with Gasteiger partial charge < -0.3 is 0 Å². The molecule has 0 aromatic heterocycles. The Morgan fingerprint density at radius 3 is 1.64 bits per heavy atom. The van der Waals surface area contributed by atoms with Gasteiger partial charge in [-0.1, -0.05) is 19.4 Å². The minimum atomic E-state index is 0. The molecule has 0 heterocycles. The van der Waals surface area contributed by atoms with Crippen molar-refractivity contribution in [1.82, 2.24) is 0 Å². The minimum Gasteiger partial charge on any atom is -0.199 e. The Hall–Kier alpha value is 0.142. The van der Waals surface area contributed by atoms with Gasteiger partial charge in [0.2, 0.25) is 0 Å². The van der Waals surface area contributed by atoms with E-state index < -0.39 is 0 Å². The quantitative estimate of drug-likeness (QED) is 0.613. The molecule has 1 rings (SSSR count). The van der Waals surface area contributed by atoms with E-state index in [0.29, 0.717) is 0 Å². The fraction of sp³-hybridized carbons (Fsp3) is 0.300. The van der Waals surface area contributed by atoms with Crippen LogP contribution in [0.4, 0.5) is 0 Å². The van der Waals surface area contributed by atoms with Crippen molar-refractivity contribution in [3.63, 3.8) is 0 Å². The molecule has 0 nitrogen and oxygen atoms in total. The second kappa shape index (κ2) is 8.24. The van der Waals surface area contributed by atoms with Crippen LogP contribution in [0.1, 0.15) is 25.0 Å². The second-order valence-electron chi connectivity index (χ2n) is 1.99. The van der Waals surface area contributed by atoms with Crippen molar-refractivity contribution in [1.29, 1.82) is 0 Å². The van der Waals surface area contributed by atoms with Crippen molar-refractivity contribution >= 4 is 0 Å². The van der Waals surface area contributed by atoms with Gasteiger partial charge in [0.1, 0.15) is 0 Å². The molecule has 0 amide bonds. The molecule has 0 radical (unpaired) electrons. The molecule has 0 aliphatic rings. The van der Waals surface area contributed by atoms with Gasteiger partial charge in [0.25, 0.3) is 0 Å². The predicted octanol–water partition coefficient (Wildman–Crippen LogP) is 3.20. The third-order valence-electron chi connectivity index (χ3n) is 1.12. The molecule has 0 bridgehead atoms. The van der Waals surface area contributed by atoms with Crippen LogP contribution in [0.2, 0.25) is 0 Å². The van der Waals surface area contributed by atoms with Crippen LogP contribution in [0.25, 0.3) is 0 Å². The second-order valence-corrected chi connectivity index (χ2v) is 1.99. The van der Waals surface area contributed by atoms with Crippen molar-refractivity contribution in [2.45, 2.75) is 20.8 Å². The van der Waals surface area contributed by atoms with Crippen molar-refractivity contribution in [3.05, 3.63) is 42.3 Å². The predicted molar refractivity (Wildman–Crippen MR) is 47.0 cm³/mol. The summed E-state index contributed by atoms with van der Waals surface area (Å²) in [5.41, 5.74) is 2.37. The van der Waals surface area contributed by atoms with E-state index in [4.69, 9.17) is 0 Å². The third-order valence-corrected chi connectivity index (χ3v) is 1.12. The molecular weight excluding hydrogens is 358 g/mol. The molecular formula is C10H15U-. The van der Waals surface area contributed by atoms with Crippen molar-refractivity contribution in [2.24, 2.45) is 0 Å². The summed E-state index contributed by atoms with van der Waals surface area (Å²) in [5.74, 6) is 0. The van der Waals surface area contributed by atoms with Crippen LogP contribution in [-0.2, 0) is 0 Å². The van der Waals surface area contributed by atoms with E-state index in [1.807, 2.05) is 26.0 Å². The van der Waals surface area contributed by atoms with E-state index in [1.165, 1.54) is 5.56 Å². The van der Waals surface area contributed by atoms with Crippen LogP contribution in [0, 0.1) is 45.0 Å². The molecule has 60 valence electrons. The molecule has 0 aliphatic carbocycles. The van der Waals surface area contributed by atoms with E-state index in [1.54, 1.807) is 0 Å².